The molecule has 2 rings (SSSR count). The van der Waals surface area contributed by atoms with Crippen LogP contribution < -0.4 is 9.46 Å². The average Bonchev–Trinajstić information content (AvgIpc) is 2.56. The van der Waals surface area contributed by atoms with Crippen molar-refractivity contribution in [3.05, 3.63) is 23.8 Å². The third-order valence-corrected chi connectivity index (χ3v) is 4.98. The van der Waals surface area contributed by atoms with Gasteiger partial charge in [-0.15, -0.1) is 0 Å². The third-order valence-electron chi connectivity index (χ3n) is 3.32. The quantitative estimate of drug-likeness (QED) is 0.897. The Morgan fingerprint density at radius 3 is 2.73 bits per heavy atom. The molecule has 0 bridgehead atoms. The number of ether oxygens (including phenoxy) is 1. The van der Waals surface area contributed by atoms with Crippen LogP contribution in [0.25, 0.3) is 0 Å². The first kappa shape index (κ1) is 16.6. The number of carbonyl (C=O) groups is 1. The van der Waals surface area contributed by atoms with E-state index < -0.39 is 10.0 Å². The number of fused-ring (bicyclic) bond motifs is 1. The zero-order valence-corrected chi connectivity index (χ0v) is 13.9. The molecule has 1 aromatic carbocycles. The standard InChI is InChI=1S/C15H22N2O4S/c1-4-17-7-8-21-14-6-5-12(9-13(14)15(17)18)16-22(19,20)10-11(2)3/h5-6,9,11,16H,4,7-8,10H2,1-3H3. The van der Waals surface area contributed by atoms with Crippen LogP contribution >= 0.6 is 0 Å². The van der Waals surface area contributed by atoms with Crippen LogP contribution in [0.3, 0.4) is 0 Å². The van der Waals surface area contributed by atoms with Crippen LogP contribution in [0.4, 0.5) is 5.69 Å². The summed E-state index contributed by atoms with van der Waals surface area (Å²) in [7, 11) is -3.42. The zero-order chi connectivity index (χ0) is 16.3. The summed E-state index contributed by atoms with van der Waals surface area (Å²) in [4.78, 5) is 14.1. The maximum absolute atomic E-state index is 12.4. The summed E-state index contributed by atoms with van der Waals surface area (Å²) in [6, 6.07) is 4.80. The number of rotatable bonds is 5. The Labute approximate surface area is 131 Å². The molecular weight excluding hydrogens is 304 g/mol. The first-order chi connectivity index (χ1) is 10.3. The van der Waals surface area contributed by atoms with Crippen molar-refractivity contribution >= 4 is 21.6 Å². The molecule has 0 unspecified atom stereocenters. The number of nitrogens with zero attached hydrogens (tertiary/aromatic N) is 1. The number of anilines is 1. The van der Waals surface area contributed by atoms with Crippen molar-refractivity contribution in [2.24, 2.45) is 5.92 Å². The monoisotopic (exact) mass is 326 g/mol. The minimum atomic E-state index is -3.42. The molecule has 0 spiro atoms. The van der Waals surface area contributed by atoms with Gasteiger partial charge < -0.3 is 9.64 Å². The van der Waals surface area contributed by atoms with Gasteiger partial charge >= 0.3 is 0 Å². The summed E-state index contributed by atoms with van der Waals surface area (Å²) < 4.78 is 32.1. The predicted molar refractivity (Wildman–Crippen MR) is 85.8 cm³/mol. The highest BCUT2D eigenvalue weighted by Crippen LogP contribution is 2.27. The zero-order valence-electron chi connectivity index (χ0n) is 13.1. The minimum absolute atomic E-state index is 0.0267. The number of hydrogen-bond acceptors (Lipinski definition) is 4. The van der Waals surface area contributed by atoms with Crippen LogP contribution in [0.2, 0.25) is 0 Å². The van der Waals surface area contributed by atoms with E-state index in [4.69, 9.17) is 4.74 Å². The van der Waals surface area contributed by atoms with Crippen molar-refractivity contribution in [2.75, 3.05) is 30.2 Å². The van der Waals surface area contributed by atoms with Crippen molar-refractivity contribution in [1.29, 1.82) is 0 Å². The molecular formula is C15H22N2O4S. The van der Waals surface area contributed by atoms with Crippen LogP contribution in [0.1, 0.15) is 31.1 Å². The van der Waals surface area contributed by atoms with Gasteiger partial charge in [0.2, 0.25) is 10.0 Å². The smallest absolute Gasteiger partial charge is 0.257 e. The Kier molecular flexibility index (Phi) is 4.95. The van der Waals surface area contributed by atoms with Crippen molar-refractivity contribution in [3.8, 4) is 5.75 Å². The normalized spacial score (nSPS) is 15.3. The second-order valence-electron chi connectivity index (χ2n) is 5.72. The van der Waals surface area contributed by atoms with Gasteiger partial charge in [0.25, 0.3) is 5.91 Å². The lowest BCUT2D eigenvalue weighted by atomic mass is 10.1. The fourth-order valence-corrected chi connectivity index (χ4v) is 3.83. The number of sulfonamides is 1. The van der Waals surface area contributed by atoms with Gasteiger partial charge in [0.05, 0.1) is 17.9 Å². The fourth-order valence-electron chi connectivity index (χ4n) is 2.39. The van der Waals surface area contributed by atoms with E-state index in [1.165, 1.54) is 0 Å². The largest absolute Gasteiger partial charge is 0.491 e. The summed E-state index contributed by atoms with van der Waals surface area (Å²) in [5, 5.41) is 0. The SMILES string of the molecule is CCN1CCOc2ccc(NS(=O)(=O)CC(C)C)cc2C1=O. The molecule has 1 aliphatic heterocycles. The van der Waals surface area contributed by atoms with Crippen molar-refractivity contribution in [3.63, 3.8) is 0 Å². The highest BCUT2D eigenvalue weighted by atomic mass is 32.2. The van der Waals surface area contributed by atoms with Gasteiger partial charge in [-0.25, -0.2) is 8.42 Å². The van der Waals surface area contributed by atoms with Crippen molar-refractivity contribution in [1.82, 2.24) is 4.90 Å². The van der Waals surface area contributed by atoms with Crippen LogP contribution in [-0.2, 0) is 10.0 Å². The van der Waals surface area contributed by atoms with E-state index >= 15 is 0 Å². The summed E-state index contributed by atoms with van der Waals surface area (Å²) in [6.07, 6.45) is 0. The molecule has 122 valence electrons. The minimum Gasteiger partial charge on any atom is -0.491 e. The van der Waals surface area contributed by atoms with Crippen LogP contribution in [0, 0.1) is 5.92 Å². The highest BCUT2D eigenvalue weighted by molar-refractivity contribution is 7.92. The number of likely N-dealkylation sites (N-methyl/N-ethyl adjacent to an activating group) is 1. The fraction of sp³-hybridized carbons (Fsp3) is 0.533. The molecule has 0 radical (unpaired) electrons. The maximum atomic E-state index is 12.4. The Bertz CT molecular complexity index is 656. The van der Waals surface area contributed by atoms with E-state index in [0.29, 0.717) is 36.7 Å². The summed E-state index contributed by atoms with van der Waals surface area (Å²) in [6.45, 7) is 7.13. The lowest BCUT2D eigenvalue weighted by molar-refractivity contribution is 0.0765. The molecule has 7 heteroatoms. The molecule has 1 aromatic rings. The first-order valence-electron chi connectivity index (χ1n) is 7.39. The van der Waals surface area contributed by atoms with Crippen molar-refractivity contribution in [2.45, 2.75) is 20.8 Å². The van der Waals surface area contributed by atoms with Crippen LogP contribution in [0.15, 0.2) is 18.2 Å². The van der Waals surface area contributed by atoms with Crippen molar-refractivity contribution < 1.29 is 17.9 Å². The molecule has 0 saturated carbocycles. The van der Waals surface area contributed by atoms with E-state index in [2.05, 4.69) is 4.72 Å². The second-order valence-corrected chi connectivity index (χ2v) is 7.49. The van der Waals surface area contributed by atoms with Gasteiger partial charge in [-0.1, -0.05) is 13.8 Å². The van der Waals surface area contributed by atoms with E-state index in [1.54, 1.807) is 23.1 Å². The number of benzene rings is 1. The number of hydrogen-bond donors (Lipinski definition) is 1. The maximum Gasteiger partial charge on any atom is 0.257 e. The molecule has 0 aromatic heterocycles. The van der Waals surface area contributed by atoms with E-state index in [1.807, 2.05) is 20.8 Å². The van der Waals surface area contributed by atoms with E-state index in [-0.39, 0.29) is 17.6 Å². The molecule has 1 aliphatic rings. The number of nitrogens with one attached hydrogen (secondary N) is 1. The molecule has 1 heterocycles. The lowest BCUT2D eigenvalue weighted by Gasteiger charge is -2.17. The van der Waals surface area contributed by atoms with Gasteiger partial charge in [-0.3, -0.25) is 9.52 Å². The predicted octanol–water partition coefficient (Wildman–Crippen LogP) is 1.94. The molecule has 0 atom stereocenters. The van der Waals surface area contributed by atoms with Gasteiger partial charge in [0.15, 0.2) is 0 Å². The van der Waals surface area contributed by atoms with Gasteiger partial charge in [-0.2, -0.15) is 0 Å². The number of amides is 1. The molecule has 22 heavy (non-hydrogen) atoms. The Morgan fingerprint density at radius 1 is 1.36 bits per heavy atom. The van der Waals surface area contributed by atoms with Crippen LogP contribution in [-0.4, -0.2) is 44.7 Å². The third kappa shape index (κ3) is 3.91. The Morgan fingerprint density at radius 2 is 2.09 bits per heavy atom. The van der Waals surface area contributed by atoms with Gasteiger partial charge in [-0.05, 0) is 31.0 Å². The molecule has 0 fully saturated rings. The molecule has 0 saturated heterocycles. The van der Waals surface area contributed by atoms with E-state index in [9.17, 15) is 13.2 Å². The summed E-state index contributed by atoms with van der Waals surface area (Å²) in [5.41, 5.74) is 0.776. The summed E-state index contributed by atoms with van der Waals surface area (Å²) in [5.74, 6) is 0.418. The Hall–Kier alpha value is -1.76. The van der Waals surface area contributed by atoms with Crippen LogP contribution in [0.5, 0.6) is 5.75 Å². The molecule has 6 nitrogen and oxygen atoms in total. The second kappa shape index (κ2) is 6.56. The summed E-state index contributed by atoms with van der Waals surface area (Å²) >= 11 is 0. The van der Waals surface area contributed by atoms with E-state index in [0.717, 1.165) is 0 Å². The van der Waals surface area contributed by atoms with Gasteiger partial charge in [0, 0.05) is 12.2 Å². The van der Waals surface area contributed by atoms with Gasteiger partial charge in [0.1, 0.15) is 12.4 Å². The lowest BCUT2D eigenvalue weighted by Crippen LogP contribution is -2.32. The highest BCUT2D eigenvalue weighted by Gasteiger charge is 2.23. The average molecular weight is 326 g/mol. The number of carbonyl (C=O) groups excluding carboxylic acids is 1. The molecule has 0 aliphatic carbocycles. The molecule has 1 amide bonds. The first-order valence-corrected chi connectivity index (χ1v) is 9.04. The topological polar surface area (TPSA) is 75.7 Å². The Balaban J connectivity index is 2.29. The molecule has 1 N–H and O–H groups in total.